The Morgan fingerprint density at radius 2 is 1.11 bits per heavy atom. The molecule has 2 aromatic rings. The molecule has 1 aliphatic carbocycles. The van der Waals surface area contributed by atoms with E-state index in [9.17, 15) is 39.3 Å². The van der Waals surface area contributed by atoms with Crippen LogP contribution in [0.1, 0.15) is 17.0 Å². The quantitative estimate of drug-likeness (QED) is 0.245. The zero-order valence-electron chi connectivity index (χ0n) is 26.2. The molecule has 0 bridgehead atoms. The van der Waals surface area contributed by atoms with Gasteiger partial charge >= 0.3 is 30.0 Å². The highest BCUT2D eigenvalue weighted by molar-refractivity contribution is 5.81. The molecule has 4 N–H and O–H groups in total. The molecule has 0 radical (unpaired) electrons. The molecule has 2 aliphatic rings. The van der Waals surface area contributed by atoms with Gasteiger partial charge in [-0.1, -0.05) is 48.5 Å². The lowest BCUT2D eigenvalue weighted by molar-refractivity contribution is -0.149. The van der Waals surface area contributed by atoms with Crippen LogP contribution >= 0.6 is 0 Å². The molecule has 2 aromatic carbocycles. The Morgan fingerprint density at radius 1 is 0.702 bits per heavy atom. The van der Waals surface area contributed by atoms with E-state index in [-0.39, 0.29) is 84.5 Å². The van der Waals surface area contributed by atoms with Crippen molar-refractivity contribution in [3.05, 3.63) is 59.7 Å². The fourth-order valence-electron chi connectivity index (χ4n) is 6.02. The molecule has 1 heterocycles. The number of benzene rings is 2. The molecule has 47 heavy (non-hydrogen) atoms. The van der Waals surface area contributed by atoms with Crippen LogP contribution in [0.5, 0.6) is 0 Å². The van der Waals surface area contributed by atoms with Crippen LogP contribution in [0.3, 0.4) is 0 Å². The molecular weight excluding hydrogens is 614 g/mol. The SMILES string of the molecule is COC(=O)C(NC(=O)OCC1c2ccccc2-c2ccccc21)N1CCN(CC(=O)O)CCN(CC(=O)O)CCN(CC(=O)O)CC1. The third-order valence-corrected chi connectivity index (χ3v) is 8.34. The van der Waals surface area contributed by atoms with Crippen LogP contribution in [0.4, 0.5) is 4.79 Å². The topological polar surface area (TPSA) is 189 Å². The number of nitrogens with zero attached hydrogens (tertiary/aromatic N) is 4. The van der Waals surface area contributed by atoms with E-state index in [4.69, 9.17) is 9.47 Å². The van der Waals surface area contributed by atoms with Crippen LogP contribution in [0.15, 0.2) is 48.5 Å². The molecule has 254 valence electrons. The predicted molar refractivity (Wildman–Crippen MR) is 168 cm³/mol. The minimum Gasteiger partial charge on any atom is -0.480 e. The van der Waals surface area contributed by atoms with Crippen LogP contribution in [0, 0.1) is 0 Å². The molecule has 4 rings (SSSR count). The lowest BCUT2D eigenvalue weighted by atomic mass is 9.98. The van der Waals surface area contributed by atoms with Crippen LogP contribution in [-0.4, -0.2) is 157 Å². The lowest BCUT2D eigenvalue weighted by Gasteiger charge is -2.35. The van der Waals surface area contributed by atoms with Gasteiger partial charge in [0, 0.05) is 58.3 Å². The molecule has 15 heteroatoms. The molecular formula is C32H41N5O10. The summed E-state index contributed by atoms with van der Waals surface area (Å²) in [5.41, 5.74) is 4.17. The summed E-state index contributed by atoms with van der Waals surface area (Å²) in [5.74, 6) is -4.21. The number of nitrogens with one attached hydrogen (secondary N) is 1. The summed E-state index contributed by atoms with van der Waals surface area (Å²) in [6.45, 7) is 0.389. The number of hydrogen-bond acceptors (Lipinski definition) is 11. The van der Waals surface area contributed by atoms with E-state index >= 15 is 0 Å². The number of alkyl carbamates (subject to hydrolysis) is 1. The van der Waals surface area contributed by atoms with Crippen molar-refractivity contribution in [2.24, 2.45) is 0 Å². The molecule has 1 fully saturated rings. The number of carboxylic acid groups (broad SMARTS) is 3. The molecule has 1 saturated heterocycles. The van der Waals surface area contributed by atoms with Crippen molar-refractivity contribution in [2.45, 2.75) is 12.1 Å². The maximum absolute atomic E-state index is 13.2. The standard InChI is InChI=1S/C32H41N5O10/c1-46-31(44)30(33-32(45)47-21-26-24-8-4-2-6-22(24)23-7-3-5-9-25(23)26)37-16-14-35(19-28(40)41)12-10-34(18-27(38)39)11-13-36(15-17-37)20-29(42)43/h2-9,26,30H,10-21H2,1H3,(H,33,45)(H,38,39)(H,40,41)(H,42,43). The number of hydrogen-bond donors (Lipinski definition) is 4. The number of carboxylic acids is 3. The average Bonchev–Trinajstić information content (AvgIpc) is 3.35. The van der Waals surface area contributed by atoms with Gasteiger partial charge in [0.25, 0.3) is 0 Å². The lowest BCUT2D eigenvalue weighted by Crippen LogP contribution is -2.57. The van der Waals surface area contributed by atoms with Gasteiger partial charge in [-0.2, -0.15) is 0 Å². The number of carbonyl (C=O) groups is 5. The molecule has 1 aliphatic heterocycles. The smallest absolute Gasteiger partial charge is 0.408 e. The molecule has 1 atom stereocenters. The molecule has 0 spiro atoms. The van der Waals surface area contributed by atoms with E-state index in [0.29, 0.717) is 0 Å². The summed E-state index contributed by atoms with van der Waals surface area (Å²) < 4.78 is 10.7. The number of amides is 1. The summed E-state index contributed by atoms with van der Waals surface area (Å²) >= 11 is 0. The Labute approximate surface area is 272 Å². The van der Waals surface area contributed by atoms with Crippen molar-refractivity contribution < 1.29 is 48.8 Å². The number of ether oxygens (including phenoxy) is 2. The van der Waals surface area contributed by atoms with Crippen LogP contribution < -0.4 is 5.32 Å². The fourth-order valence-corrected chi connectivity index (χ4v) is 6.02. The molecule has 0 aromatic heterocycles. The van der Waals surface area contributed by atoms with Gasteiger partial charge in [0.2, 0.25) is 0 Å². The van der Waals surface area contributed by atoms with Crippen LogP contribution in [0.25, 0.3) is 11.1 Å². The van der Waals surface area contributed by atoms with Gasteiger partial charge < -0.3 is 24.8 Å². The van der Waals surface area contributed by atoms with Crippen molar-refractivity contribution in [3.8, 4) is 11.1 Å². The molecule has 1 unspecified atom stereocenters. The van der Waals surface area contributed by atoms with Crippen molar-refractivity contribution in [1.82, 2.24) is 24.9 Å². The summed E-state index contributed by atoms with van der Waals surface area (Å²) in [6, 6.07) is 15.8. The first-order chi connectivity index (χ1) is 22.5. The Balaban J connectivity index is 1.51. The highest BCUT2D eigenvalue weighted by Crippen LogP contribution is 2.44. The van der Waals surface area contributed by atoms with Gasteiger partial charge in [-0.3, -0.25) is 39.3 Å². The third kappa shape index (κ3) is 9.96. The first kappa shape index (κ1) is 35.3. The van der Waals surface area contributed by atoms with Crippen molar-refractivity contribution in [1.29, 1.82) is 0 Å². The monoisotopic (exact) mass is 655 g/mol. The zero-order valence-corrected chi connectivity index (χ0v) is 26.2. The third-order valence-electron chi connectivity index (χ3n) is 8.34. The Bertz CT molecular complexity index is 1360. The minimum absolute atomic E-state index is 0.0133. The summed E-state index contributed by atoms with van der Waals surface area (Å²) in [4.78, 5) is 67.4. The van der Waals surface area contributed by atoms with Crippen molar-refractivity contribution in [2.75, 3.05) is 85.7 Å². The van der Waals surface area contributed by atoms with Crippen LogP contribution in [0.2, 0.25) is 0 Å². The van der Waals surface area contributed by atoms with E-state index in [1.54, 1.807) is 19.6 Å². The van der Waals surface area contributed by atoms with Gasteiger partial charge in [-0.25, -0.2) is 9.59 Å². The van der Waals surface area contributed by atoms with Crippen molar-refractivity contribution >= 4 is 30.0 Å². The van der Waals surface area contributed by atoms with Gasteiger partial charge in [0.15, 0.2) is 6.17 Å². The van der Waals surface area contributed by atoms with E-state index in [0.717, 1.165) is 22.3 Å². The van der Waals surface area contributed by atoms with Crippen molar-refractivity contribution in [3.63, 3.8) is 0 Å². The summed E-state index contributed by atoms with van der Waals surface area (Å²) in [6.07, 6.45) is -2.18. The molecule has 15 nitrogen and oxygen atoms in total. The largest absolute Gasteiger partial charge is 0.480 e. The number of esters is 1. The molecule has 1 amide bonds. The number of fused-ring (bicyclic) bond motifs is 3. The second-order valence-electron chi connectivity index (χ2n) is 11.4. The Hall–Kier alpha value is -4.57. The first-order valence-corrected chi connectivity index (χ1v) is 15.3. The second-order valence-corrected chi connectivity index (χ2v) is 11.4. The maximum atomic E-state index is 13.2. The van der Waals surface area contributed by atoms with E-state index in [1.807, 2.05) is 48.5 Å². The highest BCUT2D eigenvalue weighted by atomic mass is 16.6. The second kappa shape index (κ2) is 16.8. The fraction of sp³-hybridized carbons (Fsp3) is 0.469. The van der Waals surface area contributed by atoms with E-state index in [1.165, 1.54) is 7.11 Å². The number of rotatable bonds is 11. The van der Waals surface area contributed by atoms with Gasteiger partial charge in [-0.05, 0) is 22.3 Å². The van der Waals surface area contributed by atoms with Gasteiger partial charge in [-0.15, -0.1) is 0 Å². The summed E-state index contributed by atoms with van der Waals surface area (Å²) in [5, 5.41) is 31.0. The molecule has 0 saturated carbocycles. The van der Waals surface area contributed by atoms with Crippen LogP contribution in [-0.2, 0) is 28.7 Å². The highest BCUT2D eigenvalue weighted by Gasteiger charge is 2.33. The minimum atomic E-state index is -1.32. The first-order valence-electron chi connectivity index (χ1n) is 15.3. The predicted octanol–water partition coefficient (Wildman–Crippen LogP) is 0.500. The van der Waals surface area contributed by atoms with E-state index < -0.39 is 36.1 Å². The maximum Gasteiger partial charge on any atom is 0.408 e. The van der Waals surface area contributed by atoms with E-state index in [2.05, 4.69) is 5.32 Å². The Kier molecular flexibility index (Phi) is 12.6. The van der Waals surface area contributed by atoms with Gasteiger partial charge in [0.05, 0.1) is 26.7 Å². The number of methoxy groups -OCH3 is 1. The zero-order chi connectivity index (χ0) is 33.9. The number of aliphatic carboxylic acids is 3. The summed E-state index contributed by atoms with van der Waals surface area (Å²) in [7, 11) is 1.18. The van der Waals surface area contributed by atoms with Gasteiger partial charge in [0.1, 0.15) is 6.61 Å². The normalized spacial score (nSPS) is 17.7. The number of carbonyl (C=O) groups excluding carboxylic acids is 2. The average molecular weight is 656 g/mol. The Morgan fingerprint density at radius 3 is 1.51 bits per heavy atom.